The number of nitrogens with one attached hydrogen (secondary N) is 1. The molecule has 3 nitrogen and oxygen atoms in total. The van der Waals surface area contributed by atoms with E-state index in [0.717, 1.165) is 12.2 Å². The third kappa shape index (κ3) is 2.93. The van der Waals surface area contributed by atoms with Crippen LogP contribution < -0.4 is 5.32 Å². The van der Waals surface area contributed by atoms with Crippen molar-refractivity contribution >= 4 is 0 Å². The minimum absolute atomic E-state index is 0.297. The first-order valence-corrected chi connectivity index (χ1v) is 7.39. The van der Waals surface area contributed by atoms with E-state index >= 15 is 0 Å². The van der Waals surface area contributed by atoms with Crippen LogP contribution in [0.1, 0.15) is 55.4 Å². The van der Waals surface area contributed by atoms with Gasteiger partial charge >= 0.3 is 0 Å². The summed E-state index contributed by atoms with van der Waals surface area (Å²) < 4.78 is 2.08. The molecule has 1 N–H and O–H groups in total. The summed E-state index contributed by atoms with van der Waals surface area (Å²) in [7, 11) is 0. The van der Waals surface area contributed by atoms with Crippen molar-refractivity contribution in [1.82, 2.24) is 15.1 Å². The topological polar surface area (TPSA) is 29.9 Å². The Labute approximate surface area is 122 Å². The third-order valence-electron chi connectivity index (χ3n) is 3.97. The summed E-state index contributed by atoms with van der Waals surface area (Å²) in [6, 6.07) is 11.2. The summed E-state index contributed by atoms with van der Waals surface area (Å²) in [6.45, 7) is 11.7. The summed E-state index contributed by atoms with van der Waals surface area (Å²) in [4.78, 5) is 0. The fraction of sp³-hybridized carbons (Fsp3) is 0.471. The highest BCUT2D eigenvalue weighted by atomic mass is 15.3. The van der Waals surface area contributed by atoms with E-state index in [1.807, 2.05) is 0 Å². The van der Waals surface area contributed by atoms with Crippen molar-refractivity contribution in [2.24, 2.45) is 0 Å². The predicted molar refractivity (Wildman–Crippen MR) is 83.8 cm³/mol. The van der Waals surface area contributed by atoms with Crippen LogP contribution in [-0.2, 0) is 6.54 Å². The van der Waals surface area contributed by atoms with Gasteiger partial charge in [-0.25, -0.2) is 0 Å². The van der Waals surface area contributed by atoms with Gasteiger partial charge in [0.25, 0.3) is 0 Å². The van der Waals surface area contributed by atoms with Gasteiger partial charge in [-0.2, -0.15) is 5.10 Å². The van der Waals surface area contributed by atoms with Gasteiger partial charge in [-0.15, -0.1) is 0 Å². The van der Waals surface area contributed by atoms with Crippen LogP contribution in [0.2, 0.25) is 0 Å². The average Bonchev–Trinajstić information content (AvgIpc) is 2.74. The molecule has 0 aliphatic carbocycles. The molecular weight excluding hydrogens is 246 g/mol. The van der Waals surface area contributed by atoms with Crippen LogP contribution in [0.4, 0.5) is 0 Å². The molecule has 0 radical (unpaired) electrons. The Morgan fingerprint density at radius 1 is 1.10 bits per heavy atom. The number of aryl methyl sites for hydroxylation is 2. The Bertz CT molecular complexity index is 557. The predicted octanol–water partition coefficient (Wildman–Crippen LogP) is 3.93. The van der Waals surface area contributed by atoms with Crippen LogP contribution >= 0.6 is 0 Å². The van der Waals surface area contributed by atoms with Crippen molar-refractivity contribution in [2.45, 2.75) is 53.2 Å². The van der Waals surface area contributed by atoms with E-state index in [-0.39, 0.29) is 0 Å². The molecule has 0 bridgehead atoms. The minimum atomic E-state index is 0.297. The molecule has 3 heteroatoms. The Hall–Kier alpha value is -1.61. The molecule has 2 aromatic rings. The molecule has 0 saturated carbocycles. The normalized spacial score (nSPS) is 14.2. The van der Waals surface area contributed by atoms with Crippen LogP contribution in [-0.4, -0.2) is 9.78 Å². The Morgan fingerprint density at radius 2 is 1.75 bits per heavy atom. The maximum absolute atomic E-state index is 4.61. The lowest BCUT2D eigenvalue weighted by molar-refractivity contribution is 0.490. The SMILES string of the molecule is CCn1nc(C)c(C(C)NC(C)c2ccccc2)c1C. The first-order valence-electron chi connectivity index (χ1n) is 7.39. The van der Waals surface area contributed by atoms with E-state index in [9.17, 15) is 0 Å². The summed E-state index contributed by atoms with van der Waals surface area (Å²) in [6.07, 6.45) is 0. The van der Waals surface area contributed by atoms with Gasteiger partial charge in [0.05, 0.1) is 5.69 Å². The second-order valence-corrected chi connectivity index (χ2v) is 5.42. The Morgan fingerprint density at radius 3 is 2.30 bits per heavy atom. The molecule has 108 valence electrons. The van der Waals surface area contributed by atoms with E-state index in [4.69, 9.17) is 0 Å². The zero-order valence-electron chi connectivity index (χ0n) is 13.1. The second-order valence-electron chi connectivity index (χ2n) is 5.42. The van der Waals surface area contributed by atoms with Gasteiger partial charge in [0.1, 0.15) is 0 Å². The van der Waals surface area contributed by atoms with Crippen LogP contribution in [0.3, 0.4) is 0 Å². The van der Waals surface area contributed by atoms with Crippen LogP contribution in [0.15, 0.2) is 30.3 Å². The first-order chi connectivity index (χ1) is 9.54. The maximum atomic E-state index is 4.61. The maximum Gasteiger partial charge on any atom is 0.0644 e. The largest absolute Gasteiger partial charge is 0.304 e. The van der Waals surface area contributed by atoms with Crippen molar-refractivity contribution < 1.29 is 0 Å². The lowest BCUT2D eigenvalue weighted by Gasteiger charge is -2.21. The second kappa shape index (κ2) is 6.23. The summed E-state index contributed by atoms with van der Waals surface area (Å²) in [5.74, 6) is 0. The monoisotopic (exact) mass is 271 g/mol. The van der Waals surface area contributed by atoms with Gasteiger partial charge < -0.3 is 5.32 Å². The molecule has 0 saturated heterocycles. The molecular formula is C17H25N3. The highest BCUT2D eigenvalue weighted by Crippen LogP contribution is 2.24. The fourth-order valence-electron chi connectivity index (χ4n) is 2.94. The number of rotatable bonds is 5. The van der Waals surface area contributed by atoms with Crippen LogP contribution in [0.5, 0.6) is 0 Å². The van der Waals surface area contributed by atoms with Gasteiger partial charge in [-0.1, -0.05) is 30.3 Å². The molecule has 2 atom stereocenters. The van der Waals surface area contributed by atoms with Crippen molar-refractivity contribution in [2.75, 3.05) is 0 Å². The number of aromatic nitrogens is 2. The fourth-order valence-corrected chi connectivity index (χ4v) is 2.94. The highest BCUT2D eigenvalue weighted by Gasteiger charge is 2.18. The Kier molecular flexibility index (Phi) is 4.61. The van der Waals surface area contributed by atoms with Gasteiger partial charge in [-0.3, -0.25) is 4.68 Å². The molecule has 0 spiro atoms. The molecule has 2 unspecified atom stereocenters. The molecule has 20 heavy (non-hydrogen) atoms. The molecule has 0 aliphatic heterocycles. The van der Waals surface area contributed by atoms with Crippen LogP contribution in [0.25, 0.3) is 0 Å². The molecule has 1 aromatic heterocycles. The lowest BCUT2D eigenvalue weighted by Crippen LogP contribution is -2.23. The molecule has 0 amide bonds. The number of hydrogen-bond acceptors (Lipinski definition) is 2. The molecule has 1 heterocycles. The van der Waals surface area contributed by atoms with E-state index in [2.05, 4.69) is 80.0 Å². The van der Waals surface area contributed by atoms with Gasteiger partial charge in [0.2, 0.25) is 0 Å². The highest BCUT2D eigenvalue weighted by molar-refractivity contribution is 5.28. The van der Waals surface area contributed by atoms with Crippen molar-refractivity contribution in [3.05, 3.63) is 52.8 Å². The summed E-state index contributed by atoms with van der Waals surface area (Å²) in [5, 5.41) is 8.28. The molecule has 2 rings (SSSR count). The standard InChI is InChI=1S/C17H25N3/c1-6-20-15(5)17(14(4)19-20)13(3)18-12(2)16-10-8-7-9-11-16/h7-13,18H,6H2,1-5H3. The summed E-state index contributed by atoms with van der Waals surface area (Å²) in [5.41, 5.74) is 5.04. The minimum Gasteiger partial charge on any atom is -0.304 e. The van der Waals surface area contributed by atoms with Crippen LogP contribution in [0, 0.1) is 13.8 Å². The van der Waals surface area contributed by atoms with E-state index in [1.54, 1.807) is 0 Å². The van der Waals surface area contributed by atoms with Crippen molar-refractivity contribution in [3.63, 3.8) is 0 Å². The third-order valence-corrected chi connectivity index (χ3v) is 3.97. The zero-order valence-corrected chi connectivity index (χ0v) is 13.1. The van der Waals surface area contributed by atoms with E-state index in [0.29, 0.717) is 12.1 Å². The van der Waals surface area contributed by atoms with E-state index < -0.39 is 0 Å². The zero-order chi connectivity index (χ0) is 14.7. The number of nitrogens with zero attached hydrogens (tertiary/aromatic N) is 2. The average molecular weight is 271 g/mol. The van der Waals surface area contributed by atoms with Crippen molar-refractivity contribution in [1.29, 1.82) is 0 Å². The molecule has 0 fully saturated rings. The van der Waals surface area contributed by atoms with Gasteiger partial charge in [0, 0.05) is 29.9 Å². The van der Waals surface area contributed by atoms with E-state index in [1.165, 1.54) is 16.8 Å². The van der Waals surface area contributed by atoms with Gasteiger partial charge in [-0.05, 0) is 40.2 Å². The summed E-state index contributed by atoms with van der Waals surface area (Å²) >= 11 is 0. The number of hydrogen-bond donors (Lipinski definition) is 1. The Balaban J connectivity index is 2.16. The molecule has 1 aromatic carbocycles. The number of benzene rings is 1. The lowest BCUT2D eigenvalue weighted by atomic mass is 10.0. The first kappa shape index (κ1) is 14.8. The molecule has 0 aliphatic rings. The smallest absolute Gasteiger partial charge is 0.0644 e. The van der Waals surface area contributed by atoms with Gasteiger partial charge in [0.15, 0.2) is 0 Å². The quantitative estimate of drug-likeness (QED) is 0.893. The van der Waals surface area contributed by atoms with Crippen molar-refractivity contribution in [3.8, 4) is 0 Å².